The second-order valence-electron chi connectivity index (χ2n) is 4.44. The van der Waals surface area contributed by atoms with Gasteiger partial charge < -0.3 is 8.23 Å². The Morgan fingerprint density at radius 1 is 0.667 bits per heavy atom. The number of benzene rings is 2. The number of rotatable bonds is 2. The van der Waals surface area contributed by atoms with Gasteiger partial charge in [-0.05, 0) is 0 Å². The summed E-state index contributed by atoms with van der Waals surface area (Å²) in [7, 11) is 1.27. The van der Waals surface area contributed by atoms with Gasteiger partial charge in [0.15, 0.2) is 11.6 Å². The molecule has 0 spiro atoms. The Labute approximate surface area is 131 Å². The minimum atomic E-state index is -0.444. The molecular formula is C14H16O4Si3. The Hall–Kier alpha value is -1.65. The van der Waals surface area contributed by atoms with Crippen LogP contribution in [0.15, 0.2) is 48.5 Å². The minimum Gasteiger partial charge on any atom is -0.449 e. The Balaban J connectivity index is 0.000000282. The number of carbonyl (C=O) groups excluding carboxylic acids is 2. The molecule has 0 fully saturated rings. The maximum Gasteiger partial charge on any atom is 0.282 e. The molecule has 1 aliphatic rings. The maximum absolute atomic E-state index is 12.1. The minimum absolute atomic E-state index is 0.0641. The average Bonchev–Trinajstić information content (AvgIpc) is 2.54. The zero-order valence-corrected chi connectivity index (χ0v) is 17.4. The molecule has 0 amide bonds. The fourth-order valence-electron chi connectivity index (χ4n) is 2.17. The smallest absolute Gasteiger partial charge is 0.282 e. The molecule has 0 heterocycles. The van der Waals surface area contributed by atoms with Gasteiger partial charge in [-0.25, -0.2) is 0 Å². The quantitative estimate of drug-likeness (QED) is 0.567. The number of fused-ring (bicyclic) bond motifs is 2. The lowest BCUT2D eigenvalue weighted by Gasteiger charge is -2.16. The predicted molar refractivity (Wildman–Crippen MR) is 90.3 cm³/mol. The second kappa shape index (κ2) is 7.38. The van der Waals surface area contributed by atoms with Crippen LogP contribution in [0.4, 0.5) is 0 Å². The highest BCUT2D eigenvalue weighted by Crippen LogP contribution is 2.26. The van der Waals surface area contributed by atoms with Gasteiger partial charge in [0, 0.05) is 22.3 Å². The predicted octanol–water partition coefficient (Wildman–Crippen LogP) is -0.959. The molecule has 0 aliphatic heterocycles. The number of hydrogen-bond donors (Lipinski definition) is 0. The van der Waals surface area contributed by atoms with E-state index in [4.69, 9.17) is 8.23 Å². The van der Waals surface area contributed by atoms with Crippen molar-refractivity contribution in [2.24, 2.45) is 0 Å². The summed E-state index contributed by atoms with van der Waals surface area (Å²) in [6.45, 7) is 0. The summed E-state index contributed by atoms with van der Waals surface area (Å²) in [5, 5.41) is 0. The van der Waals surface area contributed by atoms with Gasteiger partial charge in [-0.1, -0.05) is 48.5 Å². The molecule has 2 aromatic carbocycles. The highest BCUT2D eigenvalue weighted by Gasteiger charge is 2.28. The molecule has 0 radical (unpaired) electrons. The first-order valence-electron chi connectivity index (χ1n) is 6.46. The van der Waals surface area contributed by atoms with Gasteiger partial charge in [0.2, 0.25) is 0 Å². The van der Waals surface area contributed by atoms with E-state index in [0.717, 1.165) is 21.0 Å². The van der Waals surface area contributed by atoms with Crippen molar-refractivity contribution in [3.05, 3.63) is 70.8 Å². The first-order chi connectivity index (χ1) is 10.2. The van der Waals surface area contributed by atoms with Crippen LogP contribution in [0.5, 0.6) is 0 Å². The molecule has 1 aliphatic carbocycles. The van der Waals surface area contributed by atoms with E-state index in [1.165, 1.54) is 0 Å². The summed E-state index contributed by atoms with van der Waals surface area (Å²) < 4.78 is 9.56. The van der Waals surface area contributed by atoms with E-state index in [1.54, 1.807) is 48.5 Å². The van der Waals surface area contributed by atoms with E-state index in [-0.39, 0.29) is 11.6 Å². The summed E-state index contributed by atoms with van der Waals surface area (Å²) in [6, 6.07) is 13.9. The van der Waals surface area contributed by atoms with Crippen molar-refractivity contribution in [1.29, 1.82) is 0 Å². The molecule has 0 N–H and O–H groups in total. The molecule has 0 aromatic heterocycles. The summed E-state index contributed by atoms with van der Waals surface area (Å²) >= 11 is 0. The largest absolute Gasteiger partial charge is 0.449 e. The highest BCUT2D eigenvalue weighted by molar-refractivity contribution is 6.33. The van der Waals surface area contributed by atoms with Gasteiger partial charge >= 0.3 is 0 Å². The van der Waals surface area contributed by atoms with E-state index >= 15 is 0 Å². The highest BCUT2D eigenvalue weighted by atomic mass is 28.3. The van der Waals surface area contributed by atoms with E-state index < -0.39 is 10.0 Å². The lowest BCUT2D eigenvalue weighted by atomic mass is 9.84. The number of carbonyl (C=O) groups is 2. The van der Waals surface area contributed by atoms with Gasteiger partial charge in [-0.2, -0.15) is 0 Å². The van der Waals surface area contributed by atoms with Crippen molar-refractivity contribution < 1.29 is 17.8 Å². The molecule has 21 heavy (non-hydrogen) atoms. The normalized spacial score (nSPS) is 13.0. The van der Waals surface area contributed by atoms with Crippen LogP contribution in [0.1, 0.15) is 31.8 Å². The van der Waals surface area contributed by atoms with Crippen LogP contribution in [-0.4, -0.2) is 42.5 Å². The third kappa shape index (κ3) is 3.34. The van der Waals surface area contributed by atoms with Crippen LogP contribution < -0.4 is 0 Å². The van der Waals surface area contributed by atoms with Crippen molar-refractivity contribution in [3.8, 4) is 0 Å². The van der Waals surface area contributed by atoms with Crippen molar-refractivity contribution in [2.45, 2.75) is 0 Å². The van der Waals surface area contributed by atoms with Gasteiger partial charge in [-0.15, -0.1) is 0 Å². The van der Waals surface area contributed by atoms with E-state index in [9.17, 15) is 9.59 Å². The van der Waals surface area contributed by atoms with Gasteiger partial charge in [0.1, 0.15) is 21.0 Å². The van der Waals surface area contributed by atoms with Crippen molar-refractivity contribution in [1.82, 2.24) is 0 Å². The van der Waals surface area contributed by atoms with Crippen LogP contribution in [0.2, 0.25) is 0 Å². The van der Waals surface area contributed by atoms with E-state index in [0.29, 0.717) is 22.3 Å². The molecule has 0 saturated heterocycles. The number of hydrogen-bond acceptors (Lipinski definition) is 4. The molecule has 4 nitrogen and oxygen atoms in total. The summed E-state index contributed by atoms with van der Waals surface area (Å²) in [5.41, 5.74) is 2.02. The Morgan fingerprint density at radius 2 is 0.952 bits per heavy atom. The van der Waals surface area contributed by atoms with E-state index in [1.807, 2.05) is 0 Å². The third-order valence-electron chi connectivity index (χ3n) is 3.07. The Morgan fingerprint density at radius 3 is 1.14 bits per heavy atom. The number of ketones is 2. The van der Waals surface area contributed by atoms with Crippen molar-refractivity contribution >= 4 is 42.5 Å². The fraction of sp³-hybridized carbons (Fsp3) is 0. The topological polar surface area (TPSA) is 52.6 Å². The molecule has 7 heteroatoms. The lowest BCUT2D eigenvalue weighted by molar-refractivity contribution is 0.0979. The van der Waals surface area contributed by atoms with Crippen LogP contribution >= 0.6 is 0 Å². The third-order valence-corrected chi connectivity index (χ3v) is 4.95. The van der Waals surface area contributed by atoms with Crippen LogP contribution in [-0.2, 0) is 8.23 Å². The lowest BCUT2D eigenvalue weighted by Crippen LogP contribution is -2.20. The average molecular weight is 333 g/mol. The van der Waals surface area contributed by atoms with Gasteiger partial charge in [-0.3, -0.25) is 9.59 Å². The summed E-state index contributed by atoms with van der Waals surface area (Å²) in [6.07, 6.45) is 0. The molecule has 108 valence electrons. The van der Waals surface area contributed by atoms with Crippen molar-refractivity contribution in [3.63, 3.8) is 0 Å². The molecule has 0 saturated carbocycles. The fourth-order valence-corrected chi connectivity index (χ4v) is 5.23. The monoisotopic (exact) mass is 332 g/mol. The van der Waals surface area contributed by atoms with E-state index in [2.05, 4.69) is 0 Å². The first kappa shape index (κ1) is 15.7. The molecule has 2 aromatic rings. The maximum atomic E-state index is 12.1. The van der Waals surface area contributed by atoms with Crippen molar-refractivity contribution in [2.75, 3.05) is 0 Å². The zero-order chi connectivity index (χ0) is 15.2. The standard InChI is InChI=1S/C14H8O2.H8O2Si3/c15-13-9-5-1-2-6-10(9)14(16)12-8-4-3-7-11(12)13;3-1-5-2-4/h1-8H;5H2,3-4H3. The first-order valence-corrected chi connectivity index (χ1v) is 9.24. The molecule has 3 rings (SSSR count). The summed E-state index contributed by atoms with van der Waals surface area (Å²) in [4.78, 5) is 24.2. The van der Waals surface area contributed by atoms with Gasteiger partial charge in [0.05, 0.1) is 0 Å². The molecule has 0 unspecified atom stereocenters. The SMILES string of the molecule is O=C1c2ccccc2C(=O)c2ccccc21.[SiH3]O[SiH2]O[SiH3]. The molecule has 0 atom stereocenters. The summed E-state index contributed by atoms with van der Waals surface area (Å²) in [5.74, 6) is -0.128. The van der Waals surface area contributed by atoms with Crippen LogP contribution in [0, 0.1) is 0 Å². The molecular weight excluding hydrogens is 316 g/mol. The Kier molecular flexibility index (Phi) is 5.53. The van der Waals surface area contributed by atoms with Crippen LogP contribution in [0.25, 0.3) is 0 Å². The Bertz CT molecular complexity index is 565. The molecule has 0 bridgehead atoms. The zero-order valence-electron chi connectivity index (χ0n) is 12.0. The second-order valence-corrected chi connectivity index (χ2v) is 9.30. The van der Waals surface area contributed by atoms with Gasteiger partial charge in [0.25, 0.3) is 10.0 Å². The van der Waals surface area contributed by atoms with Crippen LogP contribution in [0.3, 0.4) is 0 Å².